The van der Waals surface area contributed by atoms with Gasteiger partial charge in [0.1, 0.15) is 0 Å². The van der Waals surface area contributed by atoms with Crippen LogP contribution in [0, 0.1) is 20.2 Å². The van der Waals surface area contributed by atoms with Crippen LogP contribution in [-0.2, 0) is 0 Å². The van der Waals surface area contributed by atoms with Gasteiger partial charge < -0.3 is 5.73 Å². The number of nitrogens with one attached hydrogen (secondary N) is 1. The lowest BCUT2D eigenvalue weighted by molar-refractivity contribution is -0.385. The number of guanidine groups is 1. The molecule has 3 N–H and O–H groups in total. The minimum atomic E-state index is -0.614. The van der Waals surface area contributed by atoms with Crippen molar-refractivity contribution < 1.29 is 14.6 Å². The maximum absolute atomic E-state index is 12.0. The molecule has 24 heavy (non-hydrogen) atoms. The molecule has 2 rings (SSSR count). The van der Waals surface area contributed by atoms with E-state index in [1.54, 1.807) is 0 Å². The van der Waals surface area contributed by atoms with E-state index in [1.165, 1.54) is 48.5 Å². The summed E-state index contributed by atoms with van der Waals surface area (Å²) in [5.74, 6) is -0.879. The Hall–Kier alpha value is -3.82. The molecule has 1 amide bonds. The van der Waals surface area contributed by atoms with Gasteiger partial charge in [-0.15, -0.1) is 0 Å². The molecule has 0 radical (unpaired) electrons. The van der Waals surface area contributed by atoms with Gasteiger partial charge in [-0.2, -0.15) is 0 Å². The highest BCUT2D eigenvalue weighted by Gasteiger charge is 2.11. The maximum atomic E-state index is 12.0. The molecule has 10 nitrogen and oxygen atoms in total. The average Bonchev–Trinajstić information content (AvgIpc) is 2.55. The second-order valence-electron chi connectivity index (χ2n) is 4.53. The van der Waals surface area contributed by atoms with E-state index in [1.807, 2.05) is 0 Å². The molecule has 0 saturated heterocycles. The van der Waals surface area contributed by atoms with Crippen LogP contribution >= 0.6 is 0 Å². The zero-order chi connectivity index (χ0) is 17.7. The van der Waals surface area contributed by atoms with Gasteiger partial charge in [0.15, 0.2) is 0 Å². The first-order valence-electron chi connectivity index (χ1n) is 6.51. The molecule has 0 saturated carbocycles. The van der Waals surface area contributed by atoms with E-state index in [0.29, 0.717) is 0 Å². The molecule has 10 heteroatoms. The Morgan fingerprint density at radius 3 is 2.21 bits per heavy atom. The first kappa shape index (κ1) is 16.5. The highest BCUT2D eigenvalue weighted by Crippen LogP contribution is 2.19. The van der Waals surface area contributed by atoms with Crippen LogP contribution in [0.25, 0.3) is 0 Å². The van der Waals surface area contributed by atoms with Crippen molar-refractivity contribution in [2.75, 3.05) is 0 Å². The topological polar surface area (TPSA) is 154 Å². The molecule has 0 aliphatic rings. The molecule has 0 unspecified atom stereocenters. The molecule has 0 heterocycles. The molecule has 122 valence electrons. The Labute approximate surface area is 134 Å². The van der Waals surface area contributed by atoms with Crippen LogP contribution in [0.2, 0.25) is 0 Å². The summed E-state index contributed by atoms with van der Waals surface area (Å²) in [6.45, 7) is 0. The molecule has 2 aromatic rings. The first-order chi connectivity index (χ1) is 11.4. The summed E-state index contributed by atoms with van der Waals surface area (Å²) in [7, 11) is 0. The number of nitro groups is 2. The second-order valence-corrected chi connectivity index (χ2v) is 4.53. The number of hydrogen-bond acceptors (Lipinski definition) is 6. The average molecular weight is 329 g/mol. The normalized spacial score (nSPS) is 10.9. The minimum absolute atomic E-state index is 0.148. The van der Waals surface area contributed by atoms with Gasteiger partial charge in [-0.3, -0.25) is 30.3 Å². The van der Waals surface area contributed by atoms with E-state index in [9.17, 15) is 25.0 Å². The van der Waals surface area contributed by atoms with E-state index < -0.39 is 15.8 Å². The molecule has 0 spiro atoms. The third kappa shape index (κ3) is 4.10. The van der Waals surface area contributed by atoms with Crippen LogP contribution in [0.4, 0.5) is 17.1 Å². The van der Waals surface area contributed by atoms with E-state index in [4.69, 9.17) is 5.73 Å². The molecular formula is C14H11N5O5. The number of hydrogen-bond donors (Lipinski definition) is 2. The van der Waals surface area contributed by atoms with Gasteiger partial charge in [0, 0.05) is 29.8 Å². The number of benzene rings is 2. The minimum Gasteiger partial charge on any atom is -0.369 e. The van der Waals surface area contributed by atoms with Crippen LogP contribution < -0.4 is 11.1 Å². The Morgan fingerprint density at radius 2 is 1.62 bits per heavy atom. The number of nitrogens with two attached hydrogens (primary N) is 1. The predicted molar refractivity (Wildman–Crippen MR) is 84.9 cm³/mol. The number of rotatable bonds is 4. The Balaban J connectivity index is 2.11. The summed E-state index contributed by atoms with van der Waals surface area (Å²) in [5.41, 5.74) is 5.63. The van der Waals surface area contributed by atoms with Gasteiger partial charge in [-0.25, -0.2) is 4.99 Å². The number of carbonyl (C=O) groups is 1. The monoisotopic (exact) mass is 329 g/mol. The molecule has 0 aromatic heterocycles. The van der Waals surface area contributed by atoms with Gasteiger partial charge in [-0.05, 0) is 18.2 Å². The van der Waals surface area contributed by atoms with Crippen molar-refractivity contribution >= 4 is 28.9 Å². The smallest absolute Gasteiger partial charge is 0.271 e. The Bertz CT molecular complexity index is 832. The van der Waals surface area contributed by atoms with Gasteiger partial charge >= 0.3 is 0 Å². The largest absolute Gasteiger partial charge is 0.369 e. The lowest BCUT2D eigenvalue weighted by atomic mass is 10.2. The van der Waals surface area contributed by atoms with E-state index in [2.05, 4.69) is 10.3 Å². The summed E-state index contributed by atoms with van der Waals surface area (Å²) < 4.78 is 0. The van der Waals surface area contributed by atoms with Gasteiger partial charge in [-0.1, -0.05) is 6.07 Å². The fraction of sp³-hybridized carbons (Fsp3) is 0. The van der Waals surface area contributed by atoms with Crippen LogP contribution in [0.1, 0.15) is 10.4 Å². The molecule has 2 aromatic carbocycles. The van der Waals surface area contributed by atoms with Crippen LogP contribution in [-0.4, -0.2) is 21.7 Å². The van der Waals surface area contributed by atoms with Gasteiger partial charge in [0.2, 0.25) is 5.96 Å². The van der Waals surface area contributed by atoms with Crippen LogP contribution in [0.3, 0.4) is 0 Å². The molecule has 0 aliphatic carbocycles. The predicted octanol–water partition coefficient (Wildman–Crippen LogP) is 1.88. The molecule has 0 fully saturated rings. The zero-order valence-electron chi connectivity index (χ0n) is 12.1. The van der Waals surface area contributed by atoms with E-state index >= 15 is 0 Å². The summed E-state index contributed by atoms with van der Waals surface area (Å²) in [5, 5.41) is 23.5. The van der Waals surface area contributed by atoms with E-state index in [0.717, 1.165) is 0 Å². The number of nitrogens with zero attached hydrogens (tertiary/aromatic N) is 3. The van der Waals surface area contributed by atoms with Crippen molar-refractivity contribution in [3.63, 3.8) is 0 Å². The number of non-ortho nitro benzene ring substituents is 2. The van der Waals surface area contributed by atoms with Crippen LogP contribution in [0.15, 0.2) is 53.5 Å². The number of amides is 1. The second kappa shape index (κ2) is 6.96. The van der Waals surface area contributed by atoms with Crippen molar-refractivity contribution in [2.24, 2.45) is 10.7 Å². The highest BCUT2D eigenvalue weighted by molar-refractivity contribution is 6.05. The Morgan fingerprint density at radius 1 is 1.00 bits per heavy atom. The third-order valence-electron chi connectivity index (χ3n) is 2.87. The first-order valence-corrected chi connectivity index (χ1v) is 6.51. The van der Waals surface area contributed by atoms with Crippen molar-refractivity contribution in [2.45, 2.75) is 0 Å². The molecule has 0 atom stereocenters. The summed E-state index contributed by atoms with van der Waals surface area (Å²) in [4.78, 5) is 35.9. The summed E-state index contributed by atoms with van der Waals surface area (Å²) in [6.07, 6.45) is 0. The van der Waals surface area contributed by atoms with Crippen LogP contribution in [0.5, 0.6) is 0 Å². The van der Waals surface area contributed by atoms with Crippen molar-refractivity contribution in [3.05, 3.63) is 74.3 Å². The molecule has 0 aliphatic heterocycles. The standard InChI is InChI=1S/C14H11N5O5/c15-14(16-10-2-1-3-12(8-10)19(23)24)17-13(20)9-4-6-11(7-5-9)18(21)22/h1-8H,(H3,15,16,17,20). The summed E-state index contributed by atoms with van der Waals surface area (Å²) in [6, 6.07) is 10.3. The van der Waals surface area contributed by atoms with Gasteiger partial charge in [0.05, 0.1) is 15.5 Å². The number of nitro benzene ring substituents is 2. The van der Waals surface area contributed by atoms with Gasteiger partial charge in [0.25, 0.3) is 17.3 Å². The highest BCUT2D eigenvalue weighted by atomic mass is 16.6. The third-order valence-corrected chi connectivity index (χ3v) is 2.87. The SMILES string of the molecule is NC(=Nc1cccc([N+](=O)[O-])c1)NC(=O)c1ccc([N+](=O)[O-])cc1. The number of aliphatic imine (C=N–C) groups is 1. The summed E-state index contributed by atoms with van der Waals surface area (Å²) >= 11 is 0. The lowest BCUT2D eigenvalue weighted by Gasteiger charge is -2.04. The van der Waals surface area contributed by atoms with Crippen molar-refractivity contribution in [3.8, 4) is 0 Å². The fourth-order valence-electron chi connectivity index (χ4n) is 1.77. The Kier molecular flexibility index (Phi) is 4.80. The van der Waals surface area contributed by atoms with Crippen molar-refractivity contribution in [1.29, 1.82) is 0 Å². The fourth-order valence-corrected chi connectivity index (χ4v) is 1.77. The number of carbonyl (C=O) groups excluding carboxylic acids is 1. The maximum Gasteiger partial charge on any atom is 0.271 e. The van der Waals surface area contributed by atoms with E-state index in [-0.39, 0.29) is 28.6 Å². The molecule has 0 bridgehead atoms. The van der Waals surface area contributed by atoms with Crippen molar-refractivity contribution in [1.82, 2.24) is 5.32 Å². The molecular weight excluding hydrogens is 318 g/mol. The zero-order valence-corrected chi connectivity index (χ0v) is 12.1. The quantitative estimate of drug-likeness (QED) is 0.378. The lowest BCUT2D eigenvalue weighted by Crippen LogP contribution is -2.36.